The van der Waals surface area contributed by atoms with E-state index in [4.69, 9.17) is 0 Å². The highest BCUT2D eigenvalue weighted by Crippen LogP contribution is 2.29. The molecule has 0 atom stereocenters. The molecule has 4 aromatic rings. The van der Waals surface area contributed by atoms with Gasteiger partial charge in [0, 0.05) is 22.2 Å². The molecule has 0 saturated carbocycles. The quantitative estimate of drug-likeness (QED) is 0.568. The van der Waals surface area contributed by atoms with Crippen LogP contribution in [-0.2, 0) is 0 Å². The molecule has 0 fully saturated rings. The number of fused-ring (bicyclic) bond motifs is 1. The van der Waals surface area contributed by atoms with Gasteiger partial charge in [0.05, 0.1) is 0 Å². The third-order valence-corrected chi connectivity index (χ3v) is 3.96. The highest BCUT2D eigenvalue weighted by Gasteiger charge is 2.10. The first-order valence-corrected chi connectivity index (χ1v) is 8.36. The van der Waals surface area contributed by atoms with E-state index in [1.54, 1.807) is 0 Å². The van der Waals surface area contributed by atoms with Crippen molar-refractivity contribution in [1.82, 2.24) is 20.2 Å². The van der Waals surface area contributed by atoms with Gasteiger partial charge in [0.25, 0.3) is 0 Å². The lowest BCUT2D eigenvalue weighted by Crippen LogP contribution is -2.03. The second-order valence-electron chi connectivity index (χ2n) is 6.02. The lowest BCUT2D eigenvalue weighted by molar-refractivity contribution is 1.05. The van der Waals surface area contributed by atoms with Crippen LogP contribution in [0.5, 0.6) is 0 Å². The summed E-state index contributed by atoms with van der Waals surface area (Å²) in [4.78, 5) is 8.94. The SMILES string of the molecule is Cc1cccc(Nc2nnc(Nc3cccc(C)n3)c3ccccc23)n1. The fraction of sp³-hybridized carbons (Fsp3) is 0.100. The number of benzene rings is 1. The Morgan fingerprint density at radius 1 is 0.577 bits per heavy atom. The van der Waals surface area contributed by atoms with Crippen LogP contribution in [0.2, 0.25) is 0 Å². The molecule has 0 saturated heterocycles. The average Bonchev–Trinajstić information content (AvgIpc) is 2.64. The van der Waals surface area contributed by atoms with E-state index in [9.17, 15) is 0 Å². The Kier molecular flexibility index (Phi) is 4.15. The number of aryl methyl sites for hydroxylation is 2. The minimum absolute atomic E-state index is 0.668. The number of anilines is 4. The summed E-state index contributed by atoms with van der Waals surface area (Å²) >= 11 is 0. The maximum Gasteiger partial charge on any atom is 0.162 e. The molecule has 6 heteroatoms. The van der Waals surface area contributed by atoms with Crippen LogP contribution in [0.3, 0.4) is 0 Å². The number of nitrogens with zero attached hydrogens (tertiary/aromatic N) is 4. The second-order valence-corrected chi connectivity index (χ2v) is 6.02. The third kappa shape index (κ3) is 3.30. The Morgan fingerprint density at radius 3 is 1.46 bits per heavy atom. The van der Waals surface area contributed by atoms with Gasteiger partial charge in [0.2, 0.25) is 0 Å². The van der Waals surface area contributed by atoms with E-state index in [-0.39, 0.29) is 0 Å². The van der Waals surface area contributed by atoms with Gasteiger partial charge in [-0.1, -0.05) is 36.4 Å². The highest BCUT2D eigenvalue weighted by atomic mass is 15.2. The zero-order chi connectivity index (χ0) is 17.9. The van der Waals surface area contributed by atoms with E-state index >= 15 is 0 Å². The molecule has 0 aliphatic rings. The summed E-state index contributed by atoms with van der Waals surface area (Å²) < 4.78 is 0. The maximum atomic E-state index is 4.47. The molecule has 3 aromatic heterocycles. The molecule has 3 heterocycles. The van der Waals surface area contributed by atoms with Gasteiger partial charge in [0.15, 0.2) is 11.6 Å². The molecule has 0 unspecified atom stereocenters. The van der Waals surface area contributed by atoms with Crippen molar-refractivity contribution in [3.8, 4) is 0 Å². The van der Waals surface area contributed by atoms with Crippen LogP contribution in [0.25, 0.3) is 10.8 Å². The van der Waals surface area contributed by atoms with Crippen molar-refractivity contribution in [2.24, 2.45) is 0 Å². The Labute approximate surface area is 151 Å². The maximum absolute atomic E-state index is 4.47. The first-order chi connectivity index (χ1) is 12.7. The number of hydrogen-bond acceptors (Lipinski definition) is 6. The van der Waals surface area contributed by atoms with Gasteiger partial charge in [0.1, 0.15) is 11.6 Å². The van der Waals surface area contributed by atoms with E-state index in [0.29, 0.717) is 11.6 Å². The molecular weight excluding hydrogens is 324 g/mol. The van der Waals surface area contributed by atoms with Crippen molar-refractivity contribution in [3.63, 3.8) is 0 Å². The lowest BCUT2D eigenvalue weighted by Gasteiger charge is -2.12. The van der Waals surface area contributed by atoms with E-state index in [1.807, 2.05) is 74.5 Å². The van der Waals surface area contributed by atoms with E-state index < -0.39 is 0 Å². The van der Waals surface area contributed by atoms with Crippen LogP contribution in [0.4, 0.5) is 23.3 Å². The van der Waals surface area contributed by atoms with E-state index in [1.165, 1.54) is 0 Å². The summed E-state index contributed by atoms with van der Waals surface area (Å²) in [6.45, 7) is 3.91. The van der Waals surface area contributed by atoms with Gasteiger partial charge < -0.3 is 10.6 Å². The van der Waals surface area contributed by atoms with Crippen LogP contribution in [-0.4, -0.2) is 20.2 Å². The molecule has 0 amide bonds. The third-order valence-electron chi connectivity index (χ3n) is 3.96. The van der Waals surface area contributed by atoms with Crippen molar-refractivity contribution in [3.05, 3.63) is 72.1 Å². The first-order valence-electron chi connectivity index (χ1n) is 8.36. The monoisotopic (exact) mass is 342 g/mol. The van der Waals surface area contributed by atoms with Crippen LogP contribution < -0.4 is 10.6 Å². The molecule has 0 aliphatic heterocycles. The summed E-state index contributed by atoms with van der Waals surface area (Å²) in [5.41, 5.74) is 1.88. The molecule has 0 aliphatic carbocycles. The molecule has 2 N–H and O–H groups in total. The Morgan fingerprint density at radius 2 is 1.04 bits per heavy atom. The standard InChI is InChI=1S/C20H18N6/c1-13-7-5-11-17(21-13)23-19-15-9-3-4-10-16(15)20(26-25-19)24-18-12-6-8-14(2)22-18/h3-12H,1-2H3,(H,21,23,25)(H,22,24,26). The van der Waals surface area contributed by atoms with Crippen LogP contribution in [0.1, 0.15) is 11.4 Å². The topological polar surface area (TPSA) is 75.6 Å². The van der Waals surface area contributed by atoms with Gasteiger partial charge in [-0.25, -0.2) is 9.97 Å². The number of hydrogen-bond donors (Lipinski definition) is 2. The zero-order valence-corrected chi connectivity index (χ0v) is 14.6. The second kappa shape index (κ2) is 6.76. The van der Waals surface area contributed by atoms with Crippen molar-refractivity contribution >= 4 is 34.0 Å². The molecule has 0 radical (unpaired) electrons. The fourth-order valence-electron chi connectivity index (χ4n) is 2.76. The van der Waals surface area contributed by atoms with E-state index in [2.05, 4.69) is 30.8 Å². The summed E-state index contributed by atoms with van der Waals surface area (Å²) in [6, 6.07) is 19.6. The Bertz CT molecular complexity index is 991. The Balaban J connectivity index is 1.73. The van der Waals surface area contributed by atoms with Crippen LogP contribution in [0, 0.1) is 13.8 Å². The van der Waals surface area contributed by atoms with Gasteiger partial charge in [-0.3, -0.25) is 0 Å². The van der Waals surface area contributed by atoms with Gasteiger partial charge in [-0.15, -0.1) is 10.2 Å². The van der Waals surface area contributed by atoms with Crippen LogP contribution in [0.15, 0.2) is 60.7 Å². The fourth-order valence-corrected chi connectivity index (χ4v) is 2.76. The Hall–Kier alpha value is -3.54. The zero-order valence-electron chi connectivity index (χ0n) is 14.6. The molecule has 0 bridgehead atoms. The van der Waals surface area contributed by atoms with Gasteiger partial charge in [-0.2, -0.15) is 0 Å². The average molecular weight is 342 g/mol. The summed E-state index contributed by atoms with van der Waals surface area (Å²) in [6.07, 6.45) is 0. The van der Waals surface area contributed by atoms with Crippen molar-refractivity contribution < 1.29 is 0 Å². The van der Waals surface area contributed by atoms with Gasteiger partial charge >= 0.3 is 0 Å². The number of aromatic nitrogens is 4. The minimum Gasteiger partial charge on any atom is -0.323 e. The number of rotatable bonds is 4. The minimum atomic E-state index is 0.668. The molecule has 128 valence electrons. The molecule has 0 spiro atoms. The van der Waals surface area contributed by atoms with Crippen LogP contribution >= 0.6 is 0 Å². The van der Waals surface area contributed by atoms with Crippen molar-refractivity contribution in [2.45, 2.75) is 13.8 Å². The lowest BCUT2D eigenvalue weighted by atomic mass is 10.1. The molecule has 4 rings (SSSR count). The number of nitrogens with one attached hydrogen (secondary N) is 2. The molecule has 26 heavy (non-hydrogen) atoms. The van der Waals surface area contributed by atoms with Gasteiger partial charge in [-0.05, 0) is 38.1 Å². The first kappa shape index (κ1) is 16.0. The largest absolute Gasteiger partial charge is 0.323 e. The summed E-state index contributed by atoms with van der Waals surface area (Å²) in [5.74, 6) is 2.82. The van der Waals surface area contributed by atoms with Crippen molar-refractivity contribution in [1.29, 1.82) is 0 Å². The highest BCUT2D eigenvalue weighted by molar-refractivity contribution is 5.99. The summed E-state index contributed by atoms with van der Waals surface area (Å²) in [5, 5.41) is 17.2. The number of pyridine rings is 2. The predicted molar refractivity (Wildman–Crippen MR) is 104 cm³/mol. The normalized spacial score (nSPS) is 10.7. The molecular formula is C20H18N6. The van der Waals surface area contributed by atoms with Crippen molar-refractivity contribution in [2.75, 3.05) is 10.6 Å². The predicted octanol–water partition coefficient (Wildman–Crippen LogP) is 4.52. The summed E-state index contributed by atoms with van der Waals surface area (Å²) in [7, 11) is 0. The van der Waals surface area contributed by atoms with E-state index in [0.717, 1.165) is 33.8 Å². The smallest absolute Gasteiger partial charge is 0.162 e. The molecule has 1 aromatic carbocycles. The molecule has 6 nitrogen and oxygen atoms in total.